The third-order valence-corrected chi connectivity index (χ3v) is 3.00. The Bertz CT molecular complexity index is 366. The molecule has 1 aliphatic heterocycles. The Morgan fingerprint density at radius 2 is 2.00 bits per heavy atom. The summed E-state index contributed by atoms with van der Waals surface area (Å²) in [5.74, 6) is 0.661. The Morgan fingerprint density at radius 3 is 2.56 bits per heavy atom. The van der Waals surface area contributed by atoms with Gasteiger partial charge < -0.3 is 10.2 Å². The van der Waals surface area contributed by atoms with Crippen LogP contribution in [0.3, 0.4) is 0 Å². The van der Waals surface area contributed by atoms with Gasteiger partial charge in [-0.05, 0) is 26.1 Å². The normalized spacial score (nSPS) is 16.9. The molecular formula is C13H18N2O. The van der Waals surface area contributed by atoms with Crippen molar-refractivity contribution in [2.45, 2.75) is 6.92 Å². The van der Waals surface area contributed by atoms with Crippen LogP contribution in [0.1, 0.15) is 15.9 Å². The molecule has 0 radical (unpaired) electrons. The maximum Gasteiger partial charge on any atom is 0.251 e. The summed E-state index contributed by atoms with van der Waals surface area (Å²) < 4.78 is 0. The van der Waals surface area contributed by atoms with E-state index in [-0.39, 0.29) is 5.91 Å². The smallest absolute Gasteiger partial charge is 0.251 e. The van der Waals surface area contributed by atoms with E-state index in [1.807, 2.05) is 31.2 Å². The predicted octanol–water partition coefficient (Wildman–Crippen LogP) is 1.29. The van der Waals surface area contributed by atoms with E-state index in [9.17, 15) is 4.79 Å². The van der Waals surface area contributed by atoms with Crippen molar-refractivity contribution < 1.29 is 4.79 Å². The van der Waals surface area contributed by atoms with Crippen LogP contribution in [-0.2, 0) is 0 Å². The Morgan fingerprint density at radius 1 is 1.38 bits per heavy atom. The summed E-state index contributed by atoms with van der Waals surface area (Å²) in [5, 5.41) is 2.98. The number of hydrogen-bond donors (Lipinski definition) is 1. The number of nitrogens with one attached hydrogen (secondary N) is 1. The monoisotopic (exact) mass is 218 g/mol. The van der Waals surface area contributed by atoms with Gasteiger partial charge in [0, 0.05) is 31.1 Å². The van der Waals surface area contributed by atoms with E-state index < -0.39 is 0 Å². The lowest BCUT2D eigenvalue weighted by molar-refractivity contribution is 0.0898. The van der Waals surface area contributed by atoms with Gasteiger partial charge in [-0.15, -0.1) is 0 Å². The molecule has 1 saturated heterocycles. The molecular weight excluding hydrogens is 200 g/mol. The number of carbonyl (C=O) groups excluding carboxylic acids is 1. The van der Waals surface area contributed by atoms with E-state index in [0.29, 0.717) is 5.92 Å². The van der Waals surface area contributed by atoms with Crippen LogP contribution in [0.15, 0.2) is 24.3 Å². The second-order valence-electron chi connectivity index (χ2n) is 4.66. The van der Waals surface area contributed by atoms with Gasteiger partial charge in [0.25, 0.3) is 5.91 Å². The zero-order chi connectivity index (χ0) is 11.5. The second kappa shape index (κ2) is 4.66. The summed E-state index contributed by atoms with van der Waals surface area (Å²) in [6.45, 7) is 4.99. The van der Waals surface area contributed by atoms with Crippen molar-refractivity contribution in [3.05, 3.63) is 35.4 Å². The SMILES string of the molecule is Cc1ccc(C(=O)NCC2CN(C)C2)cc1. The van der Waals surface area contributed by atoms with E-state index in [1.54, 1.807) is 0 Å². The molecule has 1 fully saturated rings. The molecule has 1 N–H and O–H groups in total. The number of nitrogens with zero attached hydrogens (tertiary/aromatic N) is 1. The van der Waals surface area contributed by atoms with Crippen LogP contribution < -0.4 is 5.32 Å². The van der Waals surface area contributed by atoms with Crippen molar-refractivity contribution in [3.63, 3.8) is 0 Å². The summed E-state index contributed by atoms with van der Waals surface area (Å²) in [5.41, 5.74) is 1.93. The number of carbonyl (C=O) groups is 1. The minimum atomic E-state index is 0.0366. The van der Waals surface area contributed by atoms with Crippen LogP contribution >= 0.6 is 0 Å². The van der Waals surface area contributed by atoms with Gasteiger partial charge in [0.15, 0.2) is 0 Å². The standard InChI is InChI=1S/C13H18N2O/c1-10-3-5-12(6-4-10)13(16)14-7-11-8-15(2)9-11/h3-6,11H,7-9H2,1-2H3,(H,14,16). The molecule has 16 heavy (non-hydrogen) atoms. The molecule has 86 valence electrons. The van der Waals surface area contributed by atoms with Gasteiger partial charge in [0.1, 0.15) is 0 Å². The molecule has 0 atom stereocenters. The molecule has 1 aliphatic rings. The number of amides is 1. The largest absolute Gasteiger partial charge is 0.352 e. The summed E-state index contributed by atoms with van der Waals surface area (Å²) in [6, 6.07) is 7.67. The predicted molar refractivity (Wildman–Crippen MR) is 64.5 cm³/mol. The molecule has 0 aromatic heterocycles. The second-order valence-corrected chi connectivity index (χ2v) is 4.66. The Hall–Kier alpha value is -1.35. The Kier molecular flexibility index (Phi) is 3.25. The molecule has 3 heteroatoms. The van der Waals surface area contributed by atoms with Crippen molar-refractivity contribution in [3.8, 4) is 0 Å². The fraction of sp³-hybridized carbons (Fsp3) is 0.462. The number of benzene rings is 1. The fourth-order valence-electron chi connectivity index (χ4n) is 2.00. The summed E-state index contributed by atoms with van der Waals surface area (Å²) in [7, 11) is 2.10. The highest BCUT2D eigenvalue weighted by atomic mass is 16.1. The number of hydrogen-bond acceptors (Lipinski definition) is 2. The molecule has 0 spiro atoms. The summed E-state index contributed by atoms with van der Waals surface area (Å²) >= 11 is 0. The fourth-order valence-corrected chi connectivity index (χ4v) is 2.00. The first-order chi connectivity index (χ1) is 7.65. The lowest BCUT2D eigenvalue weighted by Gasteiger charge is -2.36. The van der Waals surface area contributed by atoms with E-state index in [2.05, 4.69) is 17.3 Å². The van der Waals surface area contributed by atoms with Crippen LogP contribution in [0.2, 0.25) is 0 Å². The van der Waals surface area contributed by atoms with Crippen molar-refractivity contribution in [2.24, 2.45) is 5.92 Å². The summed E-state index contributed by atoms with van der Waals surface area (Å²) in [6.07, 6.45) is 0. The van der Waals surface area contributed by atoms with E-state index in [4.69, 9.17) is 0 Å². The molecule has 0 unspecified atom stereocenters. The highest BCUT2D eigenvalue weighted by Crippen LogP contribution is 2.11. The van der Waals surface area contributed by atoms with Crippen LogP contribution in [0.25, 0.3) is 0 Å². The molecule has 0 bridgehead atoms. The number of likely N-dealkylation sites (tertiary alicyclic amines) is 1. The Balaban J connectivity index is 1.81. The van der Waals surface area contributed by atoms with Crippen LogP contribution in [-0.4, -0.2) is 37.5 Å². The number of rotatable bonds is 3. The van der Waals surface area contributed by atoms with E-state index in [1.165, 1.54) is 5.56 Å². The van der Waals surface area contributed by atoms with Gasteiger partial charge in [-0.25, -0.2) is 0 Å². The van der Waals surface area contributed by atoms with Crippen LogP contribution in [0.4, 0.5) is 0 Å². The van der Waals surface area contributed by atoms with Crippen molar-refractivity contribution >= 4 is 5.91 Å². The van der Waals surface area contributed by atoms with Gasteiger partial charge in [-0.2, -0.15) is 0 Å². The van der Waals surface area contributed by atoms with E-state index >= 15 is 0 Å². The zero-order valence-electron chi connectivity index (χ0n) is 9.86. The summed E-state index contributed by atoms with van der Waals surface area (Å²) in [4.78, 5) is 14.0. The van der Waals surface area contributed by atoms with Gasteiger partial charge >= 0.3 is 0 Å². The average Bonchev–Trinajstić information content (AvgIpc) is 2.23. The van der Waals surface area contributed by atoms with Gasteiger partial charge in [0.05, 0.1) is 0 Å². The average molecular weight is 218 g/mol. The van der Waals surface area contributed by atoms with Crippen molar-refractivity contribution in [2.75, 3.05) is 26.7 Å². The lowest BCUT2D eigenvalue weighted by Crippen LogP contribution is -2.49. The molecule has 1 heterocycles. The zero-order valence-corrected chi connectivity index (χ0v) is 9.86. The highest BCUT2D eigenvalue weighted by Gasteiger charge is 2.23. The molecule has 2 rings (SSSR count). The highest BCUT2D eigenvalue weighted by molar-refractivity contribution is 5.94. The first kappa shape index (κ1) is 11.1. The van der Waals surface area contributed by atoms with Gasteiger partial charge in [-0.3, -0.25) is 4.79 Å². The minimum Gasteiger partial charge on any atom is -0.352 e. The van der Waals surface area contributed by atoms with E-state index in [0.717, 1.165) is 25.2 Å². The molecule has 1 amide bonds. The number of aryl methyl sites for hydroxylation is 1. The van der Waals surface area contributed by atoms with Gasteiger partial charge in [0.2, 0.25) is 0 Å². The van der Waals surface area contributed by atoms with Gasteiger partial charge in [-0.1, -0.05) is 17.7 Å². The van der Waals surface area contributed by atoms with Crippen LogP contribution in [0, 0.1) is 12.8 Å². The quantitative estimate of drug-likeness (QED) is 0.829. The molecule has 1 aromatic rings. The first-order valence-electron chi connectivity index (χ1n) is 5.68. The molecule has 0 aliphatic carbocycles. The van der Waals surface area contributed by atoms with Crippen molar-refractivity contribution in [1.82, 2.24) is 10.2 Å². The topological polar surface area (TPSA) is 32.3 Å². The molecule has 0 saturated carbocycles. The van der Waals surface area contributed by atoms with Crippen LogP contribution in [0.5, 0.6) is 0 Å². The lowest BCUT2D eigenvalue weighted by atomic mass is 10.0. The molecule has 3 nitrogen and oxygen atoms in total. The minimum absolute atomic E-state index is 0.0366. The first-order valence-corrected chi connectivity index (χ1v) is 5.68. The van der Waals surface area contributed by atoms with Crippen molar-refractivity contribution in [1.29, 1.82) is 0 Å². The molecule has 1 aromatic carbocycles. The maximum absolute atomic E-state index is 11.8. The third-order valence-electron chi connectivity index (χ3n) is 3.00. The maximum atomic E-state index is 11.8. The third kappa shape index (κ3) is 2.61. The Labute approximate surface area is 96.5 Å².